The number of rotatable bonds is 2. The largest absolute Gasteiger partial charge is 0.245 e. The second-order valence-electron chi connectivity index (χ2n) is 2.80. The maximum atomic E-state index is 12.7. The van der Waals surface area contributed by atoms with E-state index in [1.165, 1.54) is 25.1 Å². The van der Waals surface area contributed by atoms with Gasteiger partial charge in [-0.2, -0.15) is 0 Å². The molecule has 0 amide bonds. The van der Waals surface area contributed by atoms with Gasteiger partial charge in [0.25, 0.3) is 0 Å². The Bertz CT molecular complexity index is 299. The Kier molecular flexibility index (Phi) is 3.36. The molecule has 0 fully saturated rings. The second kappa shape index (κ2) is 4.13. The molecule has 1 unspecified atom stereocenters. The summed E-state index contributed by atoms with van der Waals surface area (Å²) in [5.41, 5.74) is 0.434. The number of benzene rings is 1. The molecule has 0 bridgehead atoms. The van der Waals surface area contributed by atoms with Gasteiger partial charge in [0.2, 0.25) is 6.43 Å². The summed E-state index contributed by atoms with van der Waals surface area (Å²) >= 11 is 2.94. The van der Waals surface area contributed by atoms with Crippen molar-refractivity contribution in [1.82, 2.24) is 0 Å². The van der Waals surface area contributed by atoms with E-state index in [4.69, 9.17) is 0 Å². The zero-order chi connectivity index (χ0) is 10.0. The molecule has 0 aromatic heterocycles. The molecular weight excluding hydrogens is 245 g/mol. The lowest BCUT2D eigenvalue weighted by molar-refractivity contribution is 0.121. The molecule has 0 aliphatic rings. The molecule has 72 valence electrons. The van der Waals surface area contributed by atoms with Crippen LogP contribution in [0.3, 0.4) is 0 Å². The Morgan fingerprint density at radius 3 is 2.38 bits per heavy atom. The van der Waals surface area contributed by atoms with Crippen molar-refractivity contribution in [3.8, 4) is 0 Å². The van der Waals surface area contributed by atoms with Crippen LogP contribution in [0.4, 0.5) is 13.2 Å². The van der Waals surface area contributed by atoms with Gasteiger partial charge in [0.1, 0.15) is 5.82 Å². The lowest BCUT2D eigenvalue weighted by Gasteiger charge is -2.10. The minimum atomic E-state index is -2.42. The third kappa shape index (κ3) is 2.46. The smallest absolute Gasteiger partial charge is 0.210 e. The van der Waals surface area contributed by atoms with Crippen molar-refractivity contribution in [2.24, 2.45) is 0 Å². The lowest BCUT2D eigenvalue weighted by Crippen LogP contribution is -2.04. The molecule has 0 saturated carbocycles. The molecule has 4 heteroatoms. The van der Waals surface area contributed by atoms with Gasteiger partial charge in [-0.1, -0.05) is 13.0 Å². The lowest BCUT2D eigenvalue weighted by atomic mass is 10.0. The fraction of sp³-hybridized carbons (Fsp3) is 0.333. The number of alkyl halides is 2. The van der Waals surface area contributed by atoms with Crippen molar-refractivity contribution in [3.63, 3.8) is 0 Å². The average molecular weight is 253 g/mol. The van der Waals surface area contributed by atoms with Crippen molar-refractivity contribution in [2.75, 3.05) is 0 Å². The Morgan fingerprint density at radius 1 is 1.31 bits per heavy atom. The monoisotopic (exact) mass is 252 g/mol. The van der Waals surface area contributed by atoms with Crippen LogP contribution in [-0.2, 0) is 0 Å². The van der Waals surface area contributed by atoms with E-state index in [-0.39, 0.29) is 4.47 Å². The molecule has 0 heterocycles. The van der Waals surface area contributed by atoms with Crippen molar-refractivity contribution in [3.05, 3.63) is 34.1 Å². The van der Waals surface area contributed by atoms with Crippen LogP contribution in [0.1, 0.15) is 18.4 Å². The summed E-state index contributed by atoms with van der Waals surface area (Å²) in [5, 5.41) is 0. The first-order chi connectivity index (χ1) is 6.02. The highest BCUT2D eigenvalue weighted by Gasteiger charge is 2.17. The van der Waals surface area contributed by atoms with E-state index >= 15 is 0 Å². The van der Waals surface area contributed by atoms with Gasteiger partial charge in [-0.15, -0.1) is 0 Å². The van der Waals surface area contributed by atoms with Crippen LogP contribution in [0.2, 0.25) is 0 Å². The minimum Gasteiger partial charge on any atom is -0.210 e. The number of halogens is 4. The van der Waals surface area contributed by atoms with Crippen LogP contribution < -0.4 is 0 Å². The molecule has 0 aliphatic heterocycles. The molecule has 1 atom stereocenters. The fourth-order valence-electron chi connectivity index (χ4n) is 0.941. The maximum Gasteiger partial charge on any atom is 0.245 e. The van der Waals surface area contributed by atoms with E-state index in [1.54, 1.807) is 0 Å². The van der Waals surface area contributed by atoms with Crippen LogP contribution in [-0.4, -0.2) is 6.43 Å². The summed E-state index contributed by atoms with van der Waals surface area (Å²) in [4.78, 5) is 0. The molecule has 0 saturated heterocycles. The van der Waals surface area contributed by atoms with Gasteiger partial charge in [-0.25, -0.2) is 13.2 Å². The van der Waals surface area contributed by atoms with E-state index in [1.807, 2.05) is 0 Å². The molecule has 0 spiro atoms. The highest BCUT2D eigenvalue weighted by molar-refractivity contribution is 9.10. The van der Waals surface area contributed by atoms with Gasteiger partial charge in [0.05, 0.1) is 4.47 Å². The van der Waals surface area contributed by atoms with Gasteiger partial charge >= 0.3 is 0 Å². The molecular formula is C9H8BrF3. The molecule has 0 radical (unpaired) electrons. The Labute approximate surface area is 82.9 Å². The first kappa shape index (κ1) is 10.6. The summed E-state index contributed by atoms with van der Waals surface area (Å²) in [6.45, 7) is 1.41. The molecule has 1 aromatic rings. The normalized spacial score (nSPS) is 13.4. The second-order valence-corrected chi connectivity index (χ2v) is 3.65. The quantitative estimate of drug-likeness (QED) is 0.748. The van der Waals surface area contributed by atoms with E-state index in [0.29, 0.717) is 5.56 Å². The van der Waals surface area contributed by atoms with Crippen molar-refractivity contribution < 1.29 is 13.2 Å². The Morgan fingerprint density at radius 2 is 1.92 bits per heavy atom. The predicted octanol–water partition coefficient (Wildman–Crippen LogP) is 3.96. The molecule has 0 aliphatic carbocycles. The Hall–Kier alpha value is -0.510. The van der Waals surface area contributed by atoms with Crippen molar-refractivity contribution in [1.29, 1.82) is 0 Å². The molecule has 0 N–H and O–H groups in total. The van der Waals surface area contributed by atoms with Gasteiger partial charge in [-0.3, -0.25) is 0 Å². The van der Waals surface area contributed by atoms with Gasteiger partial charge in [0.15, 0.2) is 0 Å². The van der Waals surface area contributed by atoms with Crippen LogP contribution >= 0.6 is 15.9 Å². The van der Waals surface area contributed by atoms with E-state index in [2.05, 4.69) is 15.9 Å². The number of hydrogen-bond acceptors (Lipinski definition) is 0. The van der Waals surface area contributed by atoms with Crippen molar-refractivity contribution in [2.45, 2.75) is 19.3 Å². The predicted molar refractivity (Wildman–Crippen MR) is 48.5 cm³/mol. The molecule has 13 heavy (non-hydrogen) atoms. The fourth-order valence-corrected chi connectivity index (χ4v) is 1.34. The van der Waals surface area contributed by atoms with E-state index in [9.17, 15) is 13.2 Å². The van der Waals surface area contributed by atoms with E-state index in [0.717, 1.165) is 0 Å². The zero-order valence-electron chi connectivity index (χ0n) is 6.90. The summed E-state index contributed by atoms with van der Waals surface area (Å²) < 4.78 is 37.4. The summed E-state index contributed by atoms with van der Waals surface area (Å²) in [6, 6.07) is 3.93. The van der Waals surface area contributed by atoms with Crippen LogP contribution in [0, 0.1) is 5.82 Å². The highest BCUT2D eigenvalue weighted by atomic mass is 79.9. The van der Waals surface area contributed by atoms with Crippen molar-refractivity contribution >= 4 is 15.9 Å². The molecule has 1 aromatic carbocycles. The van der Waals surface area contributed by atoms with Crippen LogP contribution in [0.15, 0.2) is 22.7 Å². The zero-order valence-corrected chi connectivity index (χ0v) is 8.48. The third-order valence-electron chi connectivity index (χ3n) is 1.85. The number of hydrogen-bond donors (Lipinski definition) is 0. The Balaban J connectivity index is 2.97. The standard InChI is InChI=1S/C9H8BrF3/c1-5(9(12)13)6-2-3-8(11)7(10)4-6/h2-5,9H,1H3. The maximum absolute atomic E-state index is 12.7. The van der Waals surface area contributed by atoms with Crippen LogP contribution in [0.25, 0.3) is 0 Å². The average Bonchev–Trinajstić information content (AvgIpc) is 2.08. The summed E-state index contributed by atoms with van der Waals surface area (Å²) in [5.74, 6) is -1.30. The van der Waals surface area contributed by atoms with Gasteiger partial charge in [-0.05, 0) is 33.6 Å². The molecule has 1 rings (SSSR count). The first-order valence-electron chi connectivity index (χ1n) is 3.75. The first-order valence-corrected chi connectivity index (χ1v) is 4.54. The van der Waals surface area contributed by atoms with Gasteiger partial charge in [0, 0.05) is 5.92 Å². The minimum absolute atomic E-state index is 0.220. The topological polar surface area (TPSA) is 0 Å². The van der Waals surface area contributed by atoms with E-state index < -0.39 is 18.2 Å². The summed E-state index contributed by atoms with van der Waals surface area (Å²) in [7, 11) is 0. The summed E-state index contributed by atoms with van der Waals surface area (Å²) in [6.07, 6.45) is -2.42. The SMILES string of the molecule is CC(c1ccc(F)c(Br)c1)C(F)F. The highest BCUT2D eigenvalue weighted by Crippen LogP contribution is 2.26. The third-order valence-corrected chi connectivity index (χ3v) is 2.46. The molecule has 0 nitrogen and oxygen atoms in total. The van der Waals surface area contributed by atoms with Gasteiger partial charge < -0.3 is 0 Å². The van der Waals surface area contributed by atoms with Crippen LogP contribution in [0.5, 0.6) is 0 Å².